The van der Waals surface area contributed by atoms with Crippen molar-refractivity contribution >= 4 is 34.3 Å². The number of hydrogen-bond acceptors (Lipinski definition) is 6. The van der Waals surface area contributed by atoms with Crippen LogP contribution in [0.15, 0.2) is 83.9 Å². The summed E-state index contributed by atoms with van der Waals surface area (Å²) >= 11 is 1.18. The largest absolute Gasteiger partial charge is 0.459 e. The van der Waals surface area contributed by atoms with Crippen LogP contribution in [0.25, 0.3) is 23.0 Å². The highest BCUT2D eigenvalue weighted by atomic mass is 32.1. The van der Waals surface area contributed by atoms with E-state index in [1.807, 2.05) is 66.7 Å². The van der Waals surface area contributed by atoms with Crippen LogP contribution in [0.2, 0.25) is 0 Å². The lowest BCUT2D eigenvalue weighted by molar-refractivity contribution is -0.112. The molecule has 1 amide bonds. The molecule has 7 nitrogen and oxygen atoms in total. The van der Waals surface area contributed by atoms with Crippen LogP contribution in [0, 0.1) is 11.3 Å². The number of nitrogens with one attached hydrogen (secondary N) is 1. The Hall–Kier alpha value is -4.48. The first-order valence-corrected chi connectivity index (χ1v) is 11.8. The smallest absolute Gasteiger partial charge is 0.341 e. The first-order chi connectivity index (χ1) is 17.0. The molecule has 174 valence electrons. The topological polar surface area (TPSA) is 97.0 Å². The number of carbonyl (C=O) groups excluding carboxylic acids is 2. The maximum absolute atomic E-state index is 13.0. The maximum atomic E-state index is 13.0. The monoisotopic (exact) mass is 482 g/mol. The molecule has 2 aromatic carbocycles. The average molecular weight is 483 g/mol. The summed E-state index contributed by atoms with van der Waals surface area (Å²) in [7, 11) is 0. The number of benzene rings is 2. The van der Waals surface area contributed by atoms with E-state index in [0.717, 1.165) is 11.3 Å². The highest BCUT2D eigenvalue weighted by molar-refractivity contribution is 7.14. The number of nitrogens with zero attached hydrogens (tertiary/aromatic N) is 3. The van der Waals surface area contributed by atoms with Crippen LogP contribution in [-0.4, -0.2) is 27.8 Å². The number of thiophene rings is 1. The lowest BCUT2D eigenvalue weighted by Crippen LogP contribution is -2.17. The Labute approximate surface area is 206 Å². The zero-order valence-electron chi connectivity index (χ0n) is 19.1. The predicted molar refractivity (Wildman–Crippen MR) is 136 cm³/mol. The molecule has 0 aliphatic carbocycles. The number of aromatic nitrogens is 2. The minimum atomic E-state index is -0.625. The lowest BCUT2D eigenvalue weighted by atomic mass is 10.1. The first-order valence-electron chi connectivity index (χ1n) is 10.9. The predicted octanol–water partition coefficient (Wildman–Crippen LogP) is 5.71. The van der Waals surface area contributed by atoms with E-state index in [4.69, 9.17) is 9.84 Å². The molecular formula is C27H22N4O3S. The number of rotatable bonds is 7. The standard InChI is InChI=1S/C27H22N4O3S/c1-18(2)34-27(33)23-13-14-35-26(23)29-25(32)20(16-28)15-21-17-31(22-11-7-4-8-12-22)30-24(21)19-9-5-3-6-10-19/h3-15,17-18H,1-2H3,(H,29,32). The number of amides is 1. The van der Waals surface area contributed by atoms with Gasteiger partial charge in [0.15, 0.2) is 0 Å². The molecule has 1 N–H and O–H groups in total. The van der Waals surface area contributed by atoms with E-state index in [1.54, 1.807) is 36.2 Å². The molecule has 0 aliphatic heterocycles. The zero-order valence-corrected chi connectivity index (χ0v) is 20.0. The molecule has 0 atom stereocenters. The van der Waals surface area contributed by atoms with Gasteiger partial charge in [-0.15, -0.1) is 11.3 Å². The van der Waals surface area contributed by atoms with Gasteiger partial charge in [0.1, 0.15) is 16.6 Å². The summed E-state index contributed by atoms with van der Waals surface area (Å²) in [5, 5.41) is 19.2. The number of nitriles is 1. The summed E-state index contributed by atoms with van der Waals surface area (Å²) in [6, 6.07) is 22.7. The molecule has 2 heterocycles. The van der Waals surface area contributed by atoms with Crippen LogP contribution in [0.3, 0.4) is 0 Å². The van der Waals surface area contributed by atoms with Gasteiger partial charge < -0.3 is 10.1 Å². The van der Waals surface area contributed by atoms with Crippen molar-refractivity contribution < 1.29 is 14.3 Å². The minimum absolute atomic E-state index is 0.119. The fourth-order valence-corrected chi connectivity index (χ4v) is 4.12. The Morgan fingerprint density at radius 1 is 1.09 bits per heavy atom. The van der Waals surface area contributed by atoms with Crippen LogP contribution in [0.5, 0.6) is 0 Å². The first kappa shape index (κ1) is 23.7. The number of anilines is 1. The van der Waals surface area contributed by atoms with Crippen LogP contribution >= 0.6 is 11.3 Å². The Morgan fingerprint density at radius 2 is 1.77 bits per heavy atom. The molecule has 4 rings (SSSR count). The van der Waals surface area contributed by atoms with E-state index in [-0.39, 0.29) is 17.2 Å². The molecule has 0 saturated heterocycles. The fourth-order valence-electron chi connectivity index (χ4n) is 3.35. The van der Waals surface area contributed by atoms with Gasteiger partial charge in [-0.3, -0.25) is 4.79 Å². The van der Waals surface area contributed by atoms with Crippen LogP contribution in [0.4, 0.5) is 5.00 Å². The molecule has 2 aromatic heterocycles. The number of esters is 1. The van der Waals surface area contributed by atoms with Crippen molar-refractivity contribution in [3.05, 3.63) is 95.0 Å². The van der Waals surface area contributed by atoms with E-state index < -0.39 is 11.9 Å². The SMILES string of the molecule is CC(C)OC(=O)c1ccsc1NC(=O)C(C#N)=Cc1cn(-c2ccccc2)nc1-c1ccccc1. The number of hydrogen-bond donors (Lipinski definition) is 1. The Bertz CT molecular complexity index is 1410. The molecule has 0 fully saturated rings. The molecule has 4 aromatic rings. The van der Waals surface area contributed by atoms with Gasteiger partial charge in [-0.05, 0) is 43.5 Å². The fraction of sp³-hybridized carbons (Fsp3) is 0.111. The van der Waals surface area contributed by atoms with Crippen molar-refractivity contribution in [3.63, 3.8) is 0 Å². The minimum Gasteiger partial charge on any atom is -0.459 e. The van der Waals surface area contributed by atoms with E-state index >= 15 is 0 Å². The van der Waals surface area contributed by atoms with Crippen molar-refractivity contribution in [1.29, 1.82) is 5.26 Å². The van der Waals surface area contributed by atoms with Gasteiger partial charge in [0, 0.05) is 17.3 Å². The van der Waals surface area contributed by atoms with Crippen LogP contribution in [0.1, 0.15) is 29.8 Å². The average Bonchev–Trinajstić information content (AvgIpc) is 3.50. The lowest BCUT2D eigenvalue weighted by Gasteiger charge is -2.09. The van der Waals surface area contributed by atoms with Crippen molar-refractivity contribution in [2.24, 2.45) is 0 Å². The third kappa shape index (κ3) is 5.54. The van der Waals surface area contributed by atoms with E-state index in [9.17, 15) is 14.9 Å². The highest BCUT2D eigenvalue weighted by Gasteiger charge is 2.20. The van der Waals surface area contributed by atoms with E-state index in [0.29, 0.717) is 16.3 Å². The van der Waals surface area contributed by atoms with Crippen molar-refractivity contribution in [3.8, 4) is 23.0 Å². The van der Waals surface area contributed by atoms with E-state index in [2.05, 4.69) is 5.32 Å². The summed E-state index contributed by atoms with van der Waals surface area (Å²) in [6.07, 6.45) is 2.99. The van der Waals surface area contributed by atoms with E-state index in [1.165, 1.54) is 17.4 Å². The molecule has 35 heavy (non-hydrogen) atoms. The second-order valence-corrected chi connectivity index (χ2v) is 8.74. The van der Waals surface area contributed by atoms with Crippen molar-refractivity contribution in [2.45, 2.75) is 20.0 Å². The molecule has 0 radical (unpaired) electrons. The Balaban J connectivity index is 1.68. The third-order valence-corrected chi connectivity index (χ3v) is 5.76. The van der Waals surface area contributed by atoms with Gasteiger partial charge in [-0.1, -0.05) is 48.5 Å². The maximum Gasteiger partial charge on any atom is 0.341 e. The molecule has 8 heteroatoms. The summed E-state index contributed by atoms with van der Waals surface area (Å²) in [5.41, 5.74) is 3.06. The molecule has 0 saturated carbocycles. The molecule has 0 spiro atoms. The summed E-state index contributed by atoms with van der Waals surface area (Å²) in [5.74, 6) is -1.16. The molecule has 0 aliphatic rings. The zero-order chi connectivity index (χ0) is 24.8. The van der Waals surface area contributed by atoms with Gasteiger partial charge >= 0.3 is 5.97 Å². The van der Waals surface area contributed by atoms with Crippen LogP contribution < -0.4 is 5.32 Å². The normalized spacial score (nSPS) is 11.2. The second kappa shape index (κ2) is 10.6. The molecular weight excluding hydrogens is 460 g/mol. The third-order valence-electron chi connectivity index (χ3n) is 4.93. The van der Waals surface area contributed by atoms with Gasteiger partial charge in [0.25, 0.3) is 5.91 Å². The van der Waals surface area contributed by atoms with Gasteiger partial charge in [-0.25, -0.2) is 9.48 Å². The quantitative estimate of drug-likeness (QED) is 0.207. The highest BCUT2D eigenvalue weighted by Crippen LogP contribution is 2.28. The Morgan fingerprint density at radius 3 is 2.43 bits per heavy atom. The van der Waals surface area contributed by atoms with Crippen LogP contribution in [-0.2, 0) is 9.53 Å². The second-order valence-electron chi connectivity index (χ2n) is 7.82. The van der Waals surface area contributed by atoms with Gasteiger partial charge in [-0.2, -0.15) is 10.4 Å². The summed E-state index contributed by atoms with van der Waals surface area (Å²) in [4.78, 5) is 25.3. The summed E-state index contributed by atoms with van der Waals surface area (Å²) < 4.78 is 6.94. The number of para-hydroxylation sites is 1. The Kier molecular flexibility index (Phi) is 7.19. The van der Waals surface area contributed by atoms with Crippen molar-refractivity contribution in [1.82, 2.24) is 9.78 Å². The number of carbonyl (C=O) groups is 2. The number of ether oxygens (including phenoxy) is 1. The molecule has 0 unspecified atom stereocenters. The van der Waals surface area contributed by atoms with Crippen molar-refractivity contribution in [2.75, 3.05) is 5.32 Å². The molecule has 0 bridgehead atoms. The van der Waals surface area contributed by atoms with Gasteiger partial charge in [0.05, 0.1) is 23.0 Å². The van der Waals surface area contributed by atoms with Gasteiger partial charge in [0.2, 0.25) is 0 Å². The summed E-state index contributed by atoms with van der Waals surface area (Å²) in [6.45, 7) is 3.50.